The third-order valence-corrected chi connectivity index (χ3v) is 2.75. The van der Waals surface area contributed by atoms with Crippen molar-refractivity contribution < 1.29 is 9.53 Å². The number of halogens is 1. The van der Waals surface area contributed by atoms with Crippen LogP contribution in [0.2, 0.25) is 0 Å². The van der Waals surface area contributed by atoms with Gasteiger partial charge in [-0.15, -0.1) is 0 Å². The normalized spacial score (nSPS) is 9.47. The van der Waals surface area contributed by atoms with Crippen LogP contribution in [0.4, 0.5) is 0 Å². The molecule has 0 fully saturated rings. The van der Waals surface area contributed by atoms with Crippen LogP contribution >= 0.6 is 15.9 Å². The summed E-state index contributed by atoms with van der Waals surface area (Å²) >= 11 is 3.18. The first-order chi connectivity index (χ1) is 7.13. The lowest BCUT2D eigenvalue weighted by Crippen LogP contribution is -2.06. The molecule has 0 saturated heterocycles. The van der Waals surface area contributed by atoms with Gasteiger partial charge in [-0.2, -0.15) is 5.26 Å². The molecule has 1 aromatic rings. The lowest BCUT2D eigenvalue weighted by Gasteiger charge is -2.06. The van der Waals surface area contributed by atoms with Gasteiger partial charge in [0.25, 0.3) is 0 Å². The fourth-order valence-corrected chi connectivity index (χ4v) is 1.62. The molecule has 0 aromatic heterocycles. The van der Waals surface area contributed by atoms with E-state index in [0.29, 0.717) is 15.6 Å². The van der Waals surface area contributed by atoms with Gasteiger partial charge in [0.15, 0.2) is 0 Å². The van der Waals surface area contributed by atoms with Crippen LogP contribution in [0.25, 0.3) is 0 Å². The zero-order valence-electron chi connectivity index (χ0n) is 8.08. The lowest BCUT2D eigenvalue weighted by atomic mass is 10.1. The van der Waals surface area contributed by atoms with Gasteiger partial charge in [0.05, 0.1) is 18.2 Å². The molecule has 4 nitrogen and oxygen atoms in total. The van der Waals surface area contributed by atoms with Crippen molar-refractivity contribution >= 4 is 21.9 Å². The second-order valence-corrected chi connectivity index (χ2v) is 3.61. The number of ether oxygens (including phenoxy) is 1. The van der Waals surface area contributed by atoms with Gasteiger partial charge in [0.1, 0.15) is 6.07 Å². The summed E-state index contributed by atoms with van der Waals surface area (Å²) in [6.45, 7) is 0.270. The highest BCUT2D eigenvalue weighted by atomic mass is 79.9. The van der Waals surface area contributed by atoms with E-state index in [1.807, 2.05) is 6.07 Å². The predicted molar refractivity (Wildman–Crippen MR) is 58.1 cm³/mol. The van der Waals surface area contributed by atoms with E-state index in [-0.39, 0.29) is 6.54 Å². The minimum absolute atomic E-state index is 0.270. The Morgan fingerprint density at radius 2 is 2.33 bits per heavy atom. The molecule has 15 heavy (non-hydrogen) atoms. The summed E-state index contributed by atoms with van der Waals surface area (Å²) in [4.78, 5) is 11.4. The third-order valence-electron chi connectivity index (χ3n) is 1.89. The first-order valence-electron chi connectivity index (χ1n) is 4.15. The zero-order valence-corrected chi connectivity index (χ0v) is 9.67. The maximum atomic E-state index is 11.4. The summed E-state index contributed by atoms with van der Waals surface area (Å²) in [6, 6.07) is 5.22. The average Bonchev–Trinajstić information content (AvgIpc) is 2.28. The van der Waals surface area contributed by atoms with Crippen molar-refractivity contribution in [2.24, 2.45) is 5.73 Å². The molecular formula is C10H9BrN2O2. The van der Waals surface area contributed by atoms with Crippen LogP contribution in [0.1, 0.15) is 21.5 Å². The van der Waals surface area contributed by atoms with E-state index >= 15 is 0 Å². The maximum absolute atomic E-state index is 11.4. The Balaban J connectivity index is 3.38. The lowest BCUT2D eigenvalue weighted by molar-refractivity contribution is 0.0599. The molecule has 0 saturated carbocycles. The standard InChI is InChI=1S/C10H9BrN2O2/c1-15-10(14)8-3-6(4-12)2-7(5-13)9(8)11/h2-3H,4,12H2,1H3. The number of esters is 1. The van der Waals surface area contributed by atoms with Crippen LogP contribution in [-0.2, 0) is 11.3 Å². The van der Waals surface area contributed by atoms with Crippen LogP contribution in [-0.4, -0.2) is 13.1 Å². The van der Waals surface area contributed by atoms with Crippen LogP contribution in [0.3, 0.4) is 0 Å². The molecule has 0 bridgehead atoms. The SMILES string of the molecule is COC(=O)c1cc(CN)cc(C#N)c1Br. The molecule has 1 rings (SSSR count). The molecule has 1 aromatic carbocycles. The van der Waals surface area contributed by atoms with E-state index in [1.165, 1.54) is 7.11 Å². The number of carbonyl (C=O) groups excluding carboxylic acids is 1. The monoisotopic (exact) mass is 268 g/mol. The van der Waals surface area contributed by atoms with E-state index in [0.717, 1.165) is 5.56 Å². The van der Waals surface area contributed by atoms with Crippen LogP contribution in [0.15, 0.2) is 16.6 Å². The van der Waals surface area contributed by atoms with E-state index in [9.17, 15) is 4.79 Å². The quantitative estimate of drug-likeness (QED) is 0.827. The highest BCUT2D eigenvalue weighted by molar-refractivity contribution is 9.10. The second kappa shape index (κ2) is 4.91. The Morgan fingerprint density at radius 3 is 2.80 bits per heavy atom. The summed E-state index contributed by atoms with van der Waals surface area (Å²) in [7, 11) is 1.29. The van der Waals surface area contributed by atoms with Crippen LogP contribution in [0.5, 0.6) is 0 Å². The summed E-state index contributed by atoms with van der Waals surface area (Å²) in [5.41, 5.74) is 6.87. The second-order valence-electron chi connectivity index (χ2n) is 2.81. The fraction of sp³-hybridized carbons (Fsp3) is 0.200. The minimum atomic E-state index is -0.492. The molecule has 2 N–H and O–H groups in total. The number of methoxy groups -OCH3 is 1. The number of nitrogens with two attached hydrogens (primary N) is 1. The van der Waals surface area contributed by atoms with Gasteiger partial charge in [-0.25, -0.2) is 4.79 Å². The number of benzene rings is 1. The van der Waals surface area contributed by atoms with E-state index < -0.39 is 5.97 Å². The molecule has 5 heteroatoms. The number of hydrogen-bond acceptors (Lipinski definition) is 4. The zero-order chi connectivity index (χ0) is 11.4. The van der Waals surface area contributed by atoms with Gasteiger partial charge >= 0.3 is 5.97 Å². The molecule has 0 aliphatic carbocycles. The highest BCUT2D eigenvalue weighted by Gasteiger charge is 2.14. The molecule has 78 valence electrons. The van der Waals surface area contributed by atoms with Gasteiger partial charge < -0.3 is 10.5 Å². The Hall–Kier alpha value is -1.38. The van der Waals surface area contributed by atoms with Crippen molar-refractivity contribution in [1.29, 1.82) is 5.26 Å². The van der Waals surface area contributed by atoms with Crippen molar-refractivity contribution in [3.05, 3.63) is 33.3 Å². The van der Waals surface area contributed by atoms with Gasteiger partial charge in [-0.3, -0.25) is 0 Å². The summed E-state index contributed by atoms with van der Waals surface area (Å²) in [5.74, 6) is -0.492. The summed E-state index contributed by atoms with van der Waals surface area (Å²) in [6.07, 6.45) is 0. The summed E-state index contributed by atoms with van der Waals surface area (Å²) in [5, 5.41) is 8.84. The molecule has 0 spiro atoms. The Bertz CT molecular complexity index is 438. The molecule has 0 aliphatic heterocycles. The van der Waals surface area contributed by atoms with Gasteiger partial charge in [-0.1, -0.05) is 0 Å². The van der Waals surface area contributed by atoms with Crippen LogP contribution < -0.4 is 5.73 Å². The van der Waals surface area contributed by atoms with Gasteiger partial charge in [-0.05, 0) is 33.6 Å². The third kappa shape index (κ3) is 2.35. The minimum Gasteiger partial charge on any atom is -0.465 e. The molecule has 0 unspecified atom stereocenters. The Labute approximate surface area is 95.8 Å². The molecule has 0 heterocycles. The fourth-order valence-electron chi connectivity index (χ4n) is 1.14. The average molecular weight is 269 g/mol. The first kappa shape index (κ1) is 11.7. The largest absolute Gasteiger partial charge is 0.465 e. The van der Waals surface area contributed by atoms with Crippen molar-refractivity contribution in [3.63, 3.8) is 0 Å². The molecule has 0 radical (unpaired) electrons. The van der Waals surface area contributed by atoms with Gasteiger partial charge in [0.2, 0.25) is 0 Å². The van der Waals surface area contributed by atoms with E-state index in [1.54, 1.807) is 12.1 Å². The number of rotatable bonds is 2. The van der Waals surface area contributed by atoms with Crippen LogP contribution in [0, 0.1) is 11.3 Å². The molecule has 0 amide bonds. The number of carbonyl (C=O) groups is 1. The highest BCUT2D eigenvalue weighted by Crippen LogP contribution is 2.24. The van der Waals surface area contributed by atoms with Crippen molar-refractivity contribution in [2.75, 3.05) is 7.11 Å². The predicted octanol–water partition coefficient (Wildman–Crippen LogP) is 1.57. The Morgan fingerprint density at radius 1 is 1.67 bits per heavy atom. The van der Waals surface area contributed by atoms with Crippen molar-refractivity contribution in [2.45, 2.75) is 6.54 Å². The number of nitrogens with zero attached hydrogens (tertiary/aromatic N) is 1. The number of hydrogen-bond donors (Lipinski definition) is 1. The number of nitriles is 1. The van der Waals surface area contributed by atoms with E-state index in [2.05, 4.69) is 20.7 Å². The van der Waals surface area contributed by atoms with Crippen molar-refractivity contribution in [1.82, 2.24) is 0 Å². The van der Waals surface area contributed by atoms with Gasteiger partial charge in [0, 0.05) is 11.0 Å². The smallest absolute Gasteiger partial charge is 0.339 e. The maximum Gasteiger partial charge on any atom is 0.339 e. The van der Waals surface area contributed by atoms with E-state index in [4.69, 9.17) is 11.0 Å². The first-order valence-corrected chi connectivity index (χ1v) is 4.94. The summed E-state index contributed by atoms with van der Waals surface area (Å²) < 4.78 is 5.04. The molecule has 0 aliphatic rings. The Kier molecular flexibility index (Phi) is 3.83. The molecule has 0 atom stereocenters. The van der Waals surface area contributed by atoms with Crippen molar-refractivity contribution in [3.8, 4) is 6.07 Å². The molecular weight excluding hydrogens is 260 g/mol. The topological polar surface area (TPSA) is 76.1 Å².